The van der Waals surface area contributed by atoms with Crippen molar-refractivity contribution in [1.82, 2.24) is 0 Å². The molecule has 0 aromatic heterocycles. The third-order valence-electron chi connectivity index (χ3n) is 2.82. The molecule has 1 rings (SSSR count). The maximum atomic E-state index is 12.2. The minimum Gasteiger partial charge on any atom is -0.455 e. The Balaban J connectivity index is 2.89. The maximum Gasteiger partial charge on any atom is 0.337 e. The van der Waals surface area contributed by atoms with Gasteiger partial charge < -0.3 is 18.0 Å². The molecule has 0 saturated carbocycles. The molecule has 1 heterocycles. The molecule has 1 fully saturated rings. The monoisotopic (exact) mass is 364 g/mol. The van der Waals surface area contributed by atoms with E-state index in [1.54, 1.807) is 0 Å². The van der Waals surface area contributed by atoms with Crippen LogP contribution >= 0.6 is 0 Å². The van der Waals surface area contributed by atoms with Crippen LogP contribution in [0.5, 0.6) is 0 Å². The topological polar surface area (TPSA) is 54.0 Å². The summed E-state index contributed by atoms with van der Waals surface area (Å²) >= 11 is 0. The van der Waals surface area contributed by atoms with Crippen molar-refractivity contribution in [2.75, 3.05) is 6.61 Å². The Kier molecular flexibility index (Phi) is 6.25. The Morgan fingerprint density at radius 2 is 1.36 bits per heavy atom. The summed E-state index contributed by atoms with van der Waals surface area (Å²) in [5.41, 5.74) is 0. The average molecular weight is 365 g/mol. The second kappa shape index (κ2) is 6.86. The number of carbonyl (C=O) groups is 1. The van der Waals surface area contributed by atoms with Crippen LogP contribution in [0.4, 0.5) is 0 Å². The molecule has 0 unspecified atom stereocenters. The van der Waals surface area contributed by atoms with Gasteiger partial charge in [0, 0.05) is 0 Å². The Hall–Kier alpha value is 0.000649. The van der Waals surface area contributed by atoms with Crippen LogP contribution in [0.3, 0.4) is 0 Å². The first-order chi connectivity index (χ1) is 9.68. The van der Waals surface area contributed by atoms with Gasteiger partial charge in [-0.05, 0) is 58.9 Å². The summed E-state index contributed by atoms with van der Waals surface area (Å²) in [6.07, 6.45) is -1.34. The number of ether oxygens (including phenoxy) is 1. The molecule has 0 N–H and O–H groups in total. The molecule has 0 amide bonds. The molecule has 0 spiro atoms. The van der Waals surface area contributed by atoms with E-state index >= 15 is 0 Å². The lowest BCUT2D eigenvalue weighted by molar-refractivity contribution is -0.147. The zero-order valence-electron chi connectivity index (χ0n) is 15.5. The molecule has 130 valence electrons. The molecule has 0 bridgehead atoms. The highest BCUT2D eigenvalue weighted by molar-refractivity contribution is 6.70. The van der Waals surface area contributed by atoms with Gasteiger partial charge in [-0.2, -0.15) is 0 Å². The fourth-order valence-electron chi connectivity index (χ4n) is 2.12. The molecule has 1 saturated heterocycles. The van der Waals surface area contributed by atoms with Gasteiger partial charge in [-0.1, -0.05) is 0 Å². The van der Waals surface area contributed by atoms with Crippen molar-refractivity contribution in [3.63, 3.8) is 0 Å². The van der Waals surface area contributed by atoms with Gasteiger partial charge in [-0.15, -0.1) is 0 Å². The fraction of sp³-hybridized carbons (Fsp3) is 0.929. The first-order valence-corrected chi connectivity index (χ1v) is 18.1. The molecular formula is C14H32O5Si3. The zero-order valence-corrected chi connectivity index (χ0v) is 18.5. The van der Waals surface area contributed by atoms with Crippen LogP contribution in [0, 0.1) is 0 Å². The van der Waals surface area contributed by atoms with Gasteiger partial charge in [0.2, 0.25) is 0 Å². The predicted octanol–water partition coefficient (Wildman–Crippen LogP) is 3.20. The van der Waals surface area contributed by atoms with Gasteiger partial charge in [-0.25, -0.2) is 4.79 Å². The van der Waals surface area contributed by atoms with E-state index < -0.39 is 31.1 Å². The largest absolute Gasteiger partial charge is 0.455 e. The Morgan fingerprint density at radius 3 is 1.77 bits per heavy atom. The summed E-state index contributed by atoms with van der Waals surface area (Å²) in [6.45, 7) is 19.3. The van der Waals surface area contributed by atoms with Crippen molar-refractivity contribution >= 4 is 30.9 Å². The number of esters is 1. The summed E-state index contributed by atoms with van der Waals surface area (Å²) in [5.74, 6) is -0.310. The van der Waals surface area contributed by atoms with E-state index in [0.717, 1.165) is 0 Å². The van der Waals surface area contributed by atoms with Crippen LogP contribution in [0.15, 0.2) is 0 Å². The van der Waals surface area contributed by atoms with Gasteiger partial charge in [0.25, 0.3) is 0 Å². The Morgan fingerprint density at radius 1 is 0.864 bits per heavy atom. The van der Waals surface area contributed by atoms with E-state index in [4.69, 9.17) is 18.0 Å². The molecule has 0 aliphatic carbocycles. The molecular weight excluding hydrogens is 332 g/mol. The lowest BCUT2D eigenvalue weighted by Crippen LogP contribution is -2.48. The Labute approximate surface area is 138 Å². The van der Waals surface area contributed by atoms with Crippen LogP contribution in [0.1, 0.15) is 0 Å². The van der Waals surface area contributed by atoms with Gasteiger partial charge in [0.1, 0.15) is 6.10 Å². The van der Waals surface area contributed by atoms with Gasteiger partial charge in [0.05, 0.1) is 6.61 Å². The van der Waals surface area contributed by atoms with Crippen LogP contribution in [-0.4, -0.2) is 55.8 Å². The molecule has 0 radical (unpaired) electrons. The first-order valence-electron chi connectivity index (χ1n) is 7.88. The van der Waals surface area contributed by atoms with E-state index in [0.29, 0.717) is 6.61 Å². The van der Waals surface area contributed by atoms with E-state index in [1.807, 2.05) is 0 Å². The maximum absolute atomic E-state index is 12.2. The summed E-state index contributed by atoms with van der Waals surface area (Å²) in [5, 5.41) is 0. The lowest BCUT2D eigenvalue weighted by Gasteiger charge is -2.32. The van der Waals surface area contributed by atoms with Gasteiger partial charge >= 0.3 is 5.97 Å². The molecule has 1 aliphatic heterocycles. The van der Waals surface area contributed by atoms with Crippen molar-refractivity contribution < 1.29 is 22.8 Å². The molecule has 3 atom stereocenters. The summed E-state index contributed by atoms with van der Waals surface area (Å²) < 4.78 is 23.7. The average Bonchev–Trinajstić information content (AvgIpc) is 2.49. The minimum atomic E-state index is -1.87. The van der Waals surface area contributed by atoms with E-state index in [1.165, 1.54) is 0 Å². The molecule has 22 heavy (non-hydrogen) atoms. The van der Waals surface area contributed by atoms with E-state index in [-0.39, 0.29) is 18.2 Å². The van der Waals surface area contributed by atoms with Crippen LogP contribution in [0.25, 0.3) is 0 Å². The quantitative estimate of drug-likeness (QED) is 0.513. The van der Waals surface area contributed by atoms with E-state index in [2.05, 4.69) is 58.9 Å². The summed E-state index contributed by atoms with van der Waals surface area (Å²) in [7, 11) is -5.37. The molecule has 5 nitrogen and oxygen atoms in total. The first kappa shape index (κ1) is 20.0. The zero-order chi connectivity index (χ0) is 17.3. The second-order valence-electron chi connectivity index (χ2n) is 8.74. The smallest absolute Gasteiger partial charge is 0.337 e. The van der Waals surface area contributed by atoms with Gasteiger partial charge in [0.15, 0.2) is 37.2 Å². The standard InChI is InChI=1S/C14H32O5Si3/c1-20(2,3)16-10-11-12(18-21(4,5)6)13(14(15)17-11)19-22(7,8)9/h11-13H,10H2,1-9H3/t11-,12-,13+/m1/s1. The van der Waals surface area contributed by atoms with Crippen LogP contribution in [0.2, 0.25) is 58.9 Å². The van der Waals surface area contributed by atoms with Crippen LogP contribution < -0.4 is 0 Å². The highest BCUT2D eigenvalue weighted by Gasteiger charge is 2.49. The highest BCUT2D eigenvalue weighted by Crippen LogP contribution is 2.28. The number of hydrogen-bond acceptors (Lipinski definition) is 5. The number of cyclic esters (lactones) is 1. The van der Waals surface area contributed by atoms with Gasteiger partial charge in [-0.3, -0.25) is 0 Å². The minimum absolute atomic E-state index is 0.310. The second-order valence-corrected chi connectivity index (χ2v) is 22.2. The third kappa shape index (κ3) is 7.05. The predicted molar refractivity (Wildman–Crippen MR) is 95.6 cm³/mol. The van der Waals surface area contributed by atoms with Crippen molar-refractivity contribution in [1.29, 1.82) is 0 Å². The molecule has 0 aromatic carbocycles. The molecule has 8 heteroatoms. The Bertz CT molecular complexity index is 395. The summed E-state index contributed by atoms with van der Waals surface area (Å²) in [4.78, 5) is 12.2. The lowest BCUT2D eigenvalue weighted by atomic mass is 10.1. The normalized spacial score (nSPS) is 27.1. The fourth-order valence-corrected chi connectivity index (χ4v) is 4.86. The van der Waals surface area contributed by atoms with Crippen LogP contribution in [-0.2, 0) is 22.8 Å². The van der Waals surface area contributed by atoms with Crippen molar-refractivity contribution in [2.24, 2.45) is 0 Å². The van der Waals surface area contributed by atoms with Crippen molar-refractivity contribution in [3.8, 4) is 0 Å². The molecule has 1 aliphatic rings. The van der Waals surface area contributed by atoms with Crippen molar-refractivity contribution in [3.05, 3.63) is 0 Å². The number of rotatable bonds is 7. The van der Waals surface area contributed by atoms with E-state index in [9.17, 15) is 4.79 Å². The van der Waals surface area contributed by atoms with Crippen molar-refractivity contribution in [2.45, 2.75) is 77.2 Å². The summed E-state index contributed by atoms with van der Waals surface area (Å²) in [6, 6.07) is 0. The highest BCUT2D eigenvalue weighted by atomic mass is 28.4. The molecule has 0 aromatic rings. The number of carbonyl (C=O) groups excluding carboxylic acids is 1. The number of hydrogen-bond donors (Lipinski definition) is 0. The third-order valence-corrected chi connectivity index (χ3v) is 5.79. The SMILES string of the molecule is C[Si](C)(C)OC[C@H]1OC(=O)[C@@H](O[Si](C)(C)C)[C@@H]1O[Si](C)(C)C.